The number of aliphatic carboxylic acids is 1. The number of nitrogens with zero attached hydrogens (tertiary/aromatic N) is 1. The van der Waals surface area contributed by atoms with Crippen molar-refractivity contribution in [1.82, 2.24) is 4.90 Å². The normalized spacial score (nSPS) is 12.6. The first kappa shape index (κ1) is 15.6. The Morgan fingerprint density at radius 1 is 1.42 bits per heavy atom. The van der Waals surface area contributed by atoms with Gasteiger partial charge >= 0.3 is 5.97 Å². The van der Waals surface area contributed by atoms with Gasteiger partial charge in [-0.1, -0.05) is 25.1 Å². The zero-order valence-corrected chi connectivity index (χ0v) is 11.1. The largest absolute Gasteiger partial charge is 0.481 e. The van der Waals surface area contributed by atoms with E-state index in [9.17, 15) is 9.18 Å². The van der Waals surface area contributed by atoms with Crippen LogP contribution in [0.25, 0.3) is 0 Å². The molecule has 4 nitrogen and oxygen atoms in total. The van der Waals surface area contributed by atoms with E-state index in [1.807, 2.05) is 4.90 Å². The first-order chi connectivity index (χ1) is 9.04. The van der Waals surface area contributed by atoms with E-state index >= 15 is 0 Å². The molecule has 19 heavy (non-hydrogen) atoms. The third-order valence-electron chi connectivity index (χ3n) is 2.94. The molecule has 0 bridgehead atoms. The van der Waals surface area contributed by atoms with Gasteiger partial charge in [0.15, 0.2) is 0 Å². The number of rotatable bonds is 8. The lowest BCUT2D eigenvalue weighted by Crippen LogP contribution is -2.33. The average molecular weight is 269 g/mol. The van der Waals surface area contributed by atoms with Crippen molar-refractivity contribution in [2.45, 2.75) is 19.9 Å². The monoisotopic (exact) mass is 269 g/mol. The fourth-order valence-corrected chi connectivity index (χ4v) is 1.86. The van der Waals surface area contributed by atoms with E-state index in [1.165, 1.54) is 6.07 Å². The molecule has 0 aliphatic heterocycles. The lowest BCUT2D eigenvalue weighted by molar-refractivity contribution is -0.141. The van der Waals surface area contributed by atoms with Crippen LogP contribution in [0.4, 0.5) is 4.39 Å². The molecule has 5 heteroatoms. The minimum Gasteiger partial charge on any atom is -0.481 e. The fourth-order valence-electron chi connectivity index (χ4n) is 1.86. The number of hydrogen-bond acceptors (Lipinski definition) is 3. The molecule has 0 amide bonds. The molecule has 106 valence electrons. The second-order valence-corrected chi connectivity index (χ2v) is 4.64. The summed E-state index contributed by atoms with van der Waals surface area (Å²) in [5.41, 5.74) is 0.540. The Kier molecular flexibility index (Phi) is 6.45. The standard InChI is InChI=1S/C14H20FNO3/c1-11(14(18)19)9-16(7-4-8-17)10-12-5-2-3-6-13(12)15/h2-3,5-6,11,17H,4,7-10H2,1H3,(H,18,19). The van der Waals surface area contributed by atoms with Crippen LogP contribution in [-0.4, -0.2) is 40.8 Å². The third-order valence-corrected chi connectivity index (χ3v) is 2.94. The van der Waals surface area contributed by atoms with E-state index < -0.39 is 11.9 Å². The molecule has 1 aromatic rings. The molecule has 0 fully saturated rings. The van der Waals surface area contributed by atoms with Gasteiger partial charge in [0, 0.05) is 31.8 Å². The topological polar surface area (TPSA) is 60.8 Å². The number of aliphatic hydroxyl groups excluding tert-OH is 1. The van der Waals surface area contributed by atoms with Crippen LogP contribution < -0.4 is 0 Å². The van der Waals surface area contributed by atoms with Crippen LogP contribution in [0.1, 0.15) is 18.9 Å². The summed E-state index contributed by atoms with van der Waals surface area (Å²) in [4.78, 5) is 12.7. The maximum Gasteiger partial charge on any atom is 0.307 e. The van der Waals surface area contributed by atoms with E-state index in [-0.39, 0.29) is 12.4 Å². The van der Waals surface area contributed by atoms with Crippen LogP contribution in [0.3, 0.4) is 0 Å². The Balaban J connectivity index is 2.68. The van der Waals surface area contributed by atoms with Crippen molar-refractivity contribution in [1.29, 1.82) is 0 Å². The Morgan fingerprint density at radius 2 is 2.11 bits per heavy atom. The SMILES string of the molecule is CC(CN(CCCO)Cc1ccccc1F)C(=O)O. The molecular weight excluding hydrogens is 249 g/mol. The molecule has 0 aromatic heterocycles. The number of benzene rings is 1. The number of carboxylic acid groups (broad SMARTS) is 1. The van der Waals surface area contributed by atoms with Crippen molar-refractivity contribution in [3.63, 3.8) is 0 Å². The first-order valence-electron chi connectivity index (χ1n) is 6.34. The van der Waals surface area contributed by atoms with E-state index in [0.29, 0.717) is 31.6 Å². The van der Waals surface area contributed by atoms with Crippen LogP contribution in [0, 0.1) is 11.7 Å². The van der Waals surface area contributed by atoms with Crippen LogP contribution >= 0.6 is 0 Å². The van der Waals surface area contributed by atoms with Gasteiger partial charge in [-0.25, -0.2) is 4.39 Å². The van der Waals surface area contributed by atoms with Crippen LogP contribution in [0.5, 0.6) is 0 Å². The van der Waals surface area contributed by atoms with Gasteiger partial charge < -0.3 is 10.2 Å². The minimum atomic E-state index is -0.873. The fraction of sp³-hybridized carbons (Fsp3) is 0.500. The number of halogens is 1. The van der Waals surface area contributed by atoms with Crippen LogP contribution in [-0.2, 0) is 11.3 Å². The summed E-state index contributed by atoms with van der Waals surface area (Å²) in [5, 5.41) is 17.8. The molecule has 1 unspecified atom stereocenters. The lowest BCUT2D eigenvalue weighted by atomic mass is 10.1. The van der Waals surface area contributed by atoms with Crippen molar-refractivity contribution in [3.05, 3.63) is 35.6 Å². The molecule has 0 heterocycles. The summed E-state index contributed by atoms with van der Waals surface area (Å²) in [6.07, 6.45) is 0.542. The highest BCUT2D eigenvalue weighted by molar-refractivity contribution is 5.69. The predicted octanol–water partition coefficient (Wildman–Crippen LogP) is 1.73. The van der Waals surface area contributed by atoms with Gasteiger partial charge in [-0.2, -0.15) is 0 Å². The summed E-state index contributed by atoms with van der Waals surface area (Å²) < 4.78 is 13.6. The Hall–Kier alpha value is -1.46. The molecule has 0 aliphatic rings. The van der Waals surface area contributed by atoms with Gasteiger partial charge in [0.25, 0.3) is 0 Å². The summed E-state index contributed by atoms with van der Waals surface area (Å²) >= 11 is 0. The molecule has 1 atom stereocenters. The lowest BCUT2D eigenvalue weighted by Gasteiger charge is -2.24. The number of hydrogen-bond donors (Lipinski definition) is 2. The second kappa shape index (κ2) is 7.86. The third kappa shape index (κ3) is 5.36. The smallest absolute Gasteiger partial charge is 0.307 e. The van der Waals surface area contributed by atoms with E-state index in [2.05, 4.69) is 0 Å². The quantitative estimate of drug-likeness (QED) is 0.754. The molecule has 1 rings (SSSR count). The Labute approximate surface area is 112 Å². The zero-order valence-electron chi connectivity index (χ0n) is 11.1. The molecule has 0 radical (unpaired) electrons. The van der Waals surface area contributed by atoms with E-state index in [0.717, 1.165) is 0 Å². The van der Waals surface area contributed by atoms with Gasteiger partial charge in [-0.3, -0.25) is 9.69 Å². The van der Waals surface area contributed by atoms with Crippen molar-refractivity contribution in [2.75, 3.05) is 19.7 Å². The Morgan fingerprint density at radius 3 is 2.68 bits per heavy atom. The van der Waals surface area contributed by atoms with Crippen molar-refractivity contribution in [3.8, 4) is 0 Å². The maximum absolute atomic E-state index is 13.6. The molecule has 0 spiro atoms. The van der Waals surface area contributed by atoms with E-state index in [1.54, 1.807) is 25.1 Å². The summed E-state index contributed by atoms with van der Waals surface area (Å²) in [7, 11) is 0. The predicted molar refractivity (Wildman–Crippen MR) is 70.2 cm³/mol. The van der Waals surface area contributed by atoms with Gasteiger partial charge in [0.05, 0.1) is 5.92 Å². The van der Waals surface area contributed by atoms with Gasteiger partial charge in [-0.15, -0.1) is 0 Å². The first-order valence-corrected chi connectivity index (χ1v) is 6.34. The number of carbonyl (C=O) groups is 1. The van der Waals surface area contributed by atoms with Crippen molar-refractivity contribution in [2.24, 2.45) is 5.92 Å². The molecule has 0 saturated heterocycles. The molecule has 0 saturated carbocycles. The van der Waals surface area contributed by atoms with Crippen LogP contribution in [0.15, 0.2) is 24.3 Å². The Bertz CT molecular complexity index is 411. The van der Waals surface area contributed by atoms with Gasteiger partial charge in [0.1, 0.15) is 5.82 Å². The molecule has 2 N–H and O–H groups in total. The molecular formula is C14H20FNO3. The zero-order chi connectivity index (χ0) is 14.3. The van der Waals surface area contributed by atoms with Gasteiger partial charge in [-0.05, 0) is 12.5 Å². The highest BCUT2D eigenvalue weighted by Crippen LogP contribution is 2.12. The van der Waals surface area contributed by atoms with Crippen molar-refractivity contribution < 1.29 is 19.4 Å². The summed E-state index contributed by atoms with van der Waals surface area (Å²) in [6, 6.07) is 6.45. The van der Waals surface area contributed by atoms with E-state index in [4.69, 9.17) is 10.2 Å². The molecule has 0 aliphatic carbocycles. The second-order valence-electron chi connectivity index (χ2n) is 4.64. The summed E-state index contributed by atoms with van der Waals surface area (Å²) in [6.45, 7) is 2.89. The maximum atomic E-state index is 13.6. The number of carboxylic acids is 1. The van der Waals surface area contributed by atoms with Crippen molar-refractivity contribution >= 4 is 5.97 Å². The average Bonchev–Trinajstić information content (AvgIpc) is 2.38. The summed E-state index contributed by atoms with van der Waals surface area (Å²) in [5.74, 6) is -1.69. The highest BCUT2D eigenvalue weighted by atomic mass is 19.1. The molecule has 1 aromatic carbocycles. The van der Waals surface area contributed by atoms with Gasteiger partial charge in [0.2, 0.25) is 0 Å². The highest BCUT2D eigenvalue weighted by Gasteiger charge is 2.17. The number of aliphatic hydroxyl groups is 1. The van der Waals surface area contributed by atoms with Crippen LogP contribution in [0.2, 0.25) is 0 Å². The minimum absolute atomic E-state index is 0.0369.